The van der Waals surface area contributed by atoms with E-state index in [4.69, 9.17) is 10.6 Å². The maximum absolute atomic E-state index is 5.70. The van der Waals surface area contributed by atoms with Gasteiger partial charge in [0.25, 0.3) is 0 Å². The molecule has 0 aliphatic carbocycles. The van der Waals surface area contributed by atoms with Gasteiger partial charge in [-0.15, -0.1) is 0 Å². The molecule has 0 fully saturated rings. The molecule has 0 saturated heterocycles. The highest BCUT2D eigenvalue weighted by molar-refractivity contribution is 9.10. The Morgan fingerprint density at radius 1 is 1.15 bits per heavy atom. The second kappa shape index (κ2) is 5.40. The first kappa shape index (κ1) is 12.8. The fraction of sp³-hybridized carbons (Fsp3) is 0. The van der Waals surface area contributed by atoms with Crippen molar-refractivity contribution in [2.45, 2.75) is 0 Å². The molecule has 20 heavy (non-hydrogen) atoms. The number of aromatic nitrogens is 3. The van der Waals surface area contributed by atoms with Gasteiger partial charge in [0, 0.05) is 5.39 Å². The third-order valence-electron chi connectivity index (χ3n) is 2.67. The molecule has 0 atom stereocenters. The summed E-state index contributed by atoms with van der Waals surface area (Å²) >= 11 is 3.34. The first-order valence-electron chi connectivity index (χ1n) is 5.77. The average Bonchev–Trinajstić information content (AvgIpc) is 2.49. The van der Waals surface area contributed by atoms with E-state index in [1.54, 1.807) is 6.20 Å². The van der Waals surface area contributed by atoms with Crippen molar-refractivity contribution in [2.75, 3.05) is 5.43 Å². The minimum Gasteiger partial charge on any atom is -0.436 e. The van der Waals surface area contributed by atoms with Crippen molar-refractivity contribution in [1.29, 1.82) is 0 Å². The van der Waals surface area contributed by atoms with Gasteiger partial charge in [0.1, 0.15) is 16.5 Å². The Morgan fingerprint density at radius 2 is 2.00 bits per heavy atom. The van der Waals surface area contributed by atoms with Gasteiger partial charge in [-0.1, -0.05) is 18.2 Å². The molecule has 2 aromatic heterocycles. The van der Waals surface area contributed by atoms with Crippen molar-refractivity contribution >= 4 is 32.7 Å². The van der Waals surface area contributed by atoms with E-state index in [1.807, 2.05) is 30.3 Å². The van der Waals surface area contributed by atoms with Crippen LogP contribution < -0.4 is 16.0 Å². The highest BCUT2D eigenvalue weighted by atomic mass is 79.9. The molecule has 0 aliphatic rings. The summed E-state index contributed by atoms with van der Waals surface area (Å²) in [6.45, 7) is 0. The van der Waals surface area contributed by atoms with E-state index >= 15 is 0 Å². The molecule has 2 heterocycles. The Hall–Kier alpha value is -2.25. The molecule has 0 radical (unpaired) electrons. The monoisotopic (exact) mass is 331 g/mol. The van der Waals surface area contributed by atoms with Crippen LogP contribution in [0.5, 0.6) is 11.6 Å². The number of nitrogens with zero attached hydrogens (tertiary/aromatic N) is 3. The quantitative estimate of drug-likeness (QED) is 0.567. The zero-order chi connectivity index (χ0) is 13.9. The number of halogens is 1. The molecular weight excluding hydrogens is 322 g/mol. The van der Waals surface area contributed by atoms with E-state index < -0.39 is 0 Å². The van der Waals surface area contributed by atoms with Gasteiger partial charge < -0.3 is 10.2 Å². The second-order valence-corrected chi connectivity index (χ2v) is 4.74. The number of rotatable bonds is 3. The first-order chi connectivity index (χ1) is 9.78. The topological polar surface area (TPSA) is 86.0 Å². The third-order valence-corrected chi connectivity index (χ3v) is 3.39. The molecule has 0 saturated carbocycles. The molecule has 6 nitrogen and oxygen atoms in total. The predicted octanol–water partition coefficient (Wildman–Crippen LogP) is 2.87. The Labute approximate surface area is 123 Å². The lowest BCUT2D eigenvalue weighted by atomic mass is 10.2. The number of pyridine rings is 1. The summed E-state index contributed by atoms with van der Waals surface area (Å²) in [5, 5.41) is 0.993. The number of hydrogen-bond donors (Lipinski definition) is 2. The zero-order valence-electron chi connectivity index (χ0n) is 10.2. The largest absolute Gasteiger partial charge is 0.436 e. The van der Waals surface area contributed by atoms with Crippen molar-refractivity contribution in [2.24, 2.45) is 5.84 Å². The van der Waals surface area contributed by atoms with Gasteiger partial charge in [-0.3, -0.25) is 4.98 Å². The Balaban J connectivity index is 1.97. The molecule has 0 bridgehead atoms. The smallest absolute Gasteiger partial charge is 0.239 e. The Kier molecular flexibility index (Phi) is 3.44. The van der Waals surface area contributed by atoms with E-state index in [0.29, 0.717) is 21.9 Å². The summed E-state index contributed by atoms with van der Waals surface area (Å²) in [5.74, 6) is 6.75. The van der Waals surface area contributed by atoms with E-state index in [2.05, 4.69) is 36.3 Å². The minimum atomic E-state index is 0.366. The average molecular weight is 332 g/mol. The molecule has 0 unspecified atom stereocenters. The number of para-hydroxylation sites is 1. The summed E-state index contributed by atoms with van der Waals surface area (Å²) < 4.78 is 6.26. The van der Waals surface area contributed by atoms with Crippen LogP contribution in [0.25, 0.3) is 10.9 Å². The van der Waals surface area contributed by atoms with Crippen LogP contribution in [-0.2, 0) is 0 Å². The number of anilines is 1. The fourth-order valence-electron chi connectivity index (χ4n) is 1.74. The van der Waals surface area contributed by atoms with Gasteiger partial charge in [0.2, 0.25) is 5.88 Å². The number of nitrogens with one attached hydrogen (secondary N) is 1. The van der Waals surface area contributed by atoms with E-state index in [1.165, 1.54) is 6.33 Å². The van der Waals surface area contributed by atoms with Crippen molar-refractivity contribution in [1.82, 2.24) is 15.0 Å². The highest BCUT2D eigenvalue weighted by Crippen LogP contribution is 2.31. The highest BCUT2D eigenvalue weighted by Gasteiger charge is 2.10. The lowest BCUT2D eigenvalue weighted by Gasteiger charge is -2.09. The Morgan fingerprint density at radius 3 is 2.85 bits per heavy atom. The van der Waals surface area contributed by atoms with Crippen LogP contribution in [0.2, 0.25) is 0 Å². The van der Waals surface area contributed by atoms with Crippen LogP contribution in [0.15, 0.2) is 47.3 Å². The van der Waals surface area contributed by atoms with Crippen LogP contribution in [0.1, 0.15) is 0 Å². The number of fused-ring (bicyclic) bond motifs is 1. The lowest BCUT2D eigenvalue weighted by molar-refractivity contribution is 0.457. The van der Waals surface area contributed by atoms with Gasteiger partial charge in [0.05, 0.1) is 11.7 Å². The zero-order valence-corrected chi connectivity index (χ0v) is 11.8. The minimum absolute atomic E-state index is 0.366. The normalized spacial score (nSPS) is 10.5. The molecular formula is C13H10BrN5O. The first-order valence-corrected chi connectivity index (χ1v) is 6.57. The van der Waals surface area contributed by atoms with Crippen LogP contribution >= 0.6 is 15.9 Å². The maximum atomic E-state index is 5.70. The molecule has 1 aromatic carbocycles. The summed E-state index contributed by atoms with van der Waals surface area (Å²) in [4.78, 5) is 12.3. The van der Waals surface area contributed by atoms with Gasteiger partial charge in [-0.25, -0.2) is 15.8 Å². The number of hydrazine groups is 1. The fourth-order valence-corrected chi connectivity index (χ4v) is 2.14. The number of hydrogen-bond acceptors (Lipinski definition) is 6. The van der Waals surface area contributed by atoms with Gasteiger partial charge >= 0.3 is 0 Å². The molecule has 7 heteroatoms. The van der Waals surface area contributed by atoms with Crippen molar-refractivity contribution < 1.29 is 4.74 Å². The van der Waals surface area contributed by atoms with Crippen LogP contribution in [0.3, 0.4) is 0 Å². The van der Waals surface area contributed by atoms with Crippen LogP contribution in [0.4, 0.5) is 5.82 Å². The third kappa shape index (κ3) is 2.40. The molecule has 0 spiro atoms. The summed E-state index contributed by atoms with van der Waals surface area (Å²) in [6, 6.07) is 9.70. The standard InChI is InChI=1S/C13H10BrN5O/c14-11-12(19-15)17-7-18-13(11)20-9-5-8-3-1-2-4-10(8)16-6-9/h1-7H,15H2,(H,17,18,19). The van der Waals surface area contributed by atoms with Gasteiger partial charge in [-0.05, 0) is 28.1 Å². The molecule has 0 amide bonds. The second-order valence-electron chi connectivity index (χ2n) is 3.95. The van der Waals surface area contributed by atoms with Crippen LogP contribution in [0, 0.1) is 0 Å². The molecule has 100 valence electrons. The van der Waals surface area contributed by atoms with Crippen molar-refractivity contribution in [3.8, 4) is 11.6 Å². The predicted molar refractivity (Wildman–Crippen MR) is 79.4 cm³/mol. The van der Waals surface area contributed by atoms with Crippen molar-refractivity contribution in [3.63, 3.8) is 0 Å². The van der Waals surface area contributed by atoms with E-state index in [0.717, 1.165) is 10.9 Å². The van der Waals surface area contributed by atoms with E-state index in [-0.39, 0.29) is 0 Å². The van der Waals surface area contributed by atoms with Crippen molar-refractivity contribution in [3.05, 3.63) is 47.3 Å². The van der Waals surface area contributed by atoms with Gasteiger partial charge in [-0.2, -0.15) is 0 Å². The Bertz CT molecular complexity index is 765. The van der Waals surface area contributed by atoms with E-state index in [9.17, 15) is 0 Å². The summed E-state index contributed by atoms with van der Waals surface area (Å²) in [5.41, 5.74) is 3.37. The van der Waals surface area contributed by atoms with Crippen LogP contribution in [-0.4, -0.2) is 15.0 Å². The summed E-state index contributed by atoms with van der Waals surface area (Å²) in [6.07, 6.45) is 3.01. The SMILES string of the molecule is NNc1ncnc(Oc2cnc3ccccc3c2)c1Br. The molecule has 0 aliphatic heterocycles. The molecule has 3 aromatic rings. The van der Waals surface area contributed by atoms with Gasteiger partial charge in [0.15, 0.2) is 5.82 Å². The molecule has 3 N–H and O–H groups in total. The maximum Gasteiger partial charge on any atom is 0.239 e. The lowest BCUT2D eigenvalue weighted by Crippen LogP contribution is -2.09. The molecule has 3 rings (SSSR count). The number of nitrogens with two attached hydrogens (primary N) is 1. The number of benzene rings is 1. The summed E-state index contributed by atoms with van der Waals surface area (Å²) in [7, 11) is 0. The number of nitrogen functional groups attached to an aromatic ring is 1. The number of ether oxygens (including phenoxy) is 1.